The molecule has 1 aliphatic rings. The molecule has 154 valence electrons. The molecular weight excluding hydrogens is 376 g/mol. The smallest absolute Gasteiger partial charge is 0.334 e. The second-order valence-electron chi connectivity index (χ2n) is 8.81. The maximum atomic E-state index is 11.8. The van der Waals surface area contributed by atoms with Crippen molar-refractivity contribution < 1.29 is 14.0 Å². The first kappa shape index (κ1) is 21.5. The molecule has 0 saturated heterocycles. The van der Waals surface area contributed by atoms with Crippen molar-refractivity contribution in [2.24, 2.45) is 5.92 Å². The van der Waals surface area contributed by atoms with Gasteiger partial charge in [0.15, 0.2) is 0 Å². The number of ether oxygens (including phenoxy) is 1. The van der Waals surface area contributed by atoms with Crippen molar-refractivity contribution in [1.82, 2.24) is 0 Å². The topological polar surface area (TPSA) is 35.5 Å². The highest BCUT2D eigenvalue weighted by atomic mass is 28.4. The third-order valence-electron chi connectivity index (χ3n) is 5.80. The molecule has 0 aliphatic carbocycles. The van der Waals surface area contributed by atoms with E-state index >= 15 is 0 Å². The summed E-state index contributed by atoms with van der Waals surface area (Å²) < 4.78 is 12.0. The van der Waals surface area contributed by atoms with E-state index in [0.29, 0.717) is 13.2 Å². The Bertz CT molecular complexity index is 798. The van der Waals surface area contributed by atoms with Gasteiger partial charge in [-0.2, -0.15) is 0 Å². The normalized spacial score (nSPS) is 15.7. The van der Waals surface area contributed by atoms with Gasteiger partial charge in [-0.15, -0.1) is 0 Å². The zero-order valence-electron chi connectivity index (χ0n) is 18.0. The van der Waals surface area contributed by atoms with Crippen LogP contribution in [0.1, 0.15) is 40.5 Å². The lowest BCUT2D eigenvalue weighted by Gasteiger charge is -2.43. The fourth-order valence-electron chi connectivity index (χ4n) is 4.31. The van der Waals surface area contributed by atoms with Crippen LogP contribution in [0.15, 0.2) is 72.3 Å². The summed E-state index contributed by atoms with van der Waals surface area (Å²) in [6.45, 7) is 10.1. The van der Waals surface area contributed by atoms with Crippen LogP contribution >= 0.6 is 0 Å². The number of carbonyl (C=O) groups excluding carboxylic acids is 1. The zero-order valence-corrected chi connectivity index (χ0v) is 19.0. The van der Waals surface area contributed by atoms with Gasteiger partial charge >= 0.3 is 5.97 Å². The molecule has 3 nitrogen and oxygen atoms in total. The Balaban J connectivity index is 1.81. The van der Waals surface area contributed by atoms with Gasteiger partial charge in [-0.25, -0.2) is 4.79 Å². The Labute approximate surface area is 175 Å². The number of hydrogen-bond acceptors (Lipinski definition) is 3. The molecule has 2 aromatic carbocycles. The minimum atomic E-state index is -2.47. The van der Waals surface area contributed by atoms with Crippen LogP contribution in [-0.2, 0) is 14.0 Å². The number of hydrogen-bond donors (Lipinski definition) is 0. The van der Waals surface area contributed by atoms with Crippen molar-refractivity contribution in [3.63, 3.8) is 0 Å². The highest BCUT2D eigenvalue weighted by Crippen LogP contribution is 2.37. The molecule has 4 heteroatoms. The number of esters is 1. The molecule has 0 fully saturated rings. The van der Waals surface area contributed by atoms with Crippen LogP contribution in [0.25, 0.3) is 0 Å². The number of rotatable bonds is 8. The molecule has 0 N–H and O–H groups in total. The summed E-state index contributed by atoms with van der Waals surface area (Å²) in [5.41, 5.74) is 0.815. The average molecular weight is 409 g/mol. The lowest BCUT2D eigenvalue weighted by atomic mass is 9.97. The lowest BCUT2D eigenvalue weighted by molar-refractivity contribution is -0.136. The van der Waals surface area contributed by atoms with Crippen LogP contribution in [0.3, 0.4) is 0 Å². The van der Waals surface area contributed by atoms with E-state index in [-0.39, 0.29) is 16.9 Å². The van der Waals surface area contributed by atoms with Crippen LogP contribution in [0.2, 0.25) is 5.04 Å². The standard InChI is InChI=1S/C25H32O3Si/c1-20(23-17-19-27-24(23)26)12-11-18-28-29(25(2,3)4,21-13-7-5-8-14-21)22-15-9-6-10-16-22/h5-10,13-17,20H,11-12,18-19H2,1-4H3/t20-/m1/s1. The van der Waals surface area contributed by atoms with Crippen LogP contribution in [0.5, 0.6) is 0 Å². The number of carbonyl (C=O) groups is 1. The highest BCUT2D eigenvalue weighted by Gasteiger charge is 2.49. The molecule has 1 atom stereocenters. The molecule has 0 aromatic heterocycles. The zero-order chi connectivity index (χ0) is 20.9. The van der Waals surface area contributed by atoms with Gasteiger partial charge in [0.25, 0.3) is 8.32 Å². The summed E-state index contributed by atoms with van der Waals surface area (Å²) in [7, 11) is -2.47. The number of benzene rings is 2. The number of cyclic esters (lactones) is 1. The molecule has 1 heterocycles. The summed E-state index contributed by atoms with van der Waals surface area (Å²) in [6, 6.07) is 21.4. The second-order valence-corrected chi connectivity index (χ2v) is 13.1. The molecule has 0 bridgehead atoms. The monoisotopic (exact) mass is 408 g/mol. The Morgan fingerprint density at radius 2 is 1.55 bits per heavy atom. The molecule has 29 heavy (non-hydrogen) atoms. The fourth-order valence-corrected chi connectivity index (χ4v) is 8.91. The van der Waals surface area contributed by atoms with Crippen LogP contribution in [0, 0.1) is 5.92 Å². The molecule has 3 rings (SSSR count). The third kappa shape index (κ3) is 4.54. The largest absolute Gasteiger partial charge is 0.458 e. The molecule has 0 saturated carbocycles. The maximum Gasteiger partial charge on any atom is 0.334 e. The molecular formula is C25H32O3Si. The molecule has 0 radical (unpaired) electrons. The van der Waals surface area contributed by atoms with E-state index in [1.165, 1.54) is 10.4 Å². The predicted octanol–water partition coefficient (Wildman–Crippen LogP) is 4.46. The summed E-state index contributed by atoms with van der Waals surface area (Å²) >= 11 is 0. The third-order valence-corrected chi connectivity index (χ3v) is 10.8. The summed E-state index contributed by atoms with van der Waals surface area (Å²) in [5.74, 6) is 0.0400. The SMILES string of the molecule is C[C@H](CCCO[Si](c1ccccc1)(c1ccccc1)C(C)(C)C)C1=CCOC1=O. The molecule has 1 aliphatic heterocycles. The van der Waals surface area contributed by atoms with Crippen LogP contribution < -0.4 is 10.4 Å². The minimum Gasteiger partial charge on any atom is -0.458 e. The van der Waals surface area contributed by atoms with E-state index in [4.69, 9.17) is 9.16 Å². The van der Waals surface area contributed by atoms with Gasteiger partial charge in [-0.1, -0.05) is 88.4 Å². The molecule has 0 unspecified atom stereocenters. The first-order valence-electron chi connectivity index (χ1n) is 10.5. The Hall–Kier alpha value is -2.17. The Morgan fingerprint density at radius 1 is 1.00 bits per heavy atom. The quantitative estimate of drug-likeness (QED) is 0.367. The van der Waals surface area contributed by atoms with Gasteiger partial charge in [0, 0.05) is 12.2 Å². The van der Waals surface area contributed by atoms with Gasteiger partial charge < -0.3 is 9.16 Å². The van der Waals surface area contributed by atoms with Gasteiger partial charge in [0.1, 0.15) is 6.61 Å². The predicted molar refractivity (Wildman–Crippen MR) is 121 cm³/mol. The van der Waals surface area contributed by atoms with Crippen LogP contribution in [-0.4, -0.2) is 27.5 Å². The van der Waals surface area contributed by atoms with E-state index in [2.05, 4.69) is 88.4 Å². The fraction of sp³-hybridized carbons (Fsp3) is 0.400. The summed E-state index contributed by atoms with van der Waals surface area (Å²) in [4.78, 5) is 11.8. The Morgan fingerprint density at radius 3 is 2.00 bits per heavy atom. The van der Waals surface area contributed by atoms with Gasteiger partial charge in [-0.05, 0) is 40.2 Å². The minimum absolute atomic E-state index is 0.0148. The van der Waals surface area contributed by atoms with Crippen molar-refractivity contribution in [2.45, 2.75) is 45.6 Å². The Kier molecular flexibility index (Phi) is 6.76. The van der Waals surface area contributed by atoms with E-state index in [1.807, 2.05) is 6.08 Å². The maximum absolute atomic E-state index is 11.8. The van der Waals surface area contributed by atoms with E-state index < -0.39 is 8.32 Å². The van der Waals surface area contributed by atoms with Gasteiger partial charge in [0.05, 0.1) is 0 Å². The van der Waals surface area contributed by atoms with Gasteiger partial charge in [-0.3, -0.25) is 0 Å². The molecule has 2 aromatic rings. The van der Waals surface area contributed by atoms with E-state index in [1.54, 1.807) is 0 Å². The van der Waals surface area contributed by atoms with Crippen molar-refractivity contribution in [1.29, 1.82) is 0 Å². The average Bonchev–Trinajstić information content (AvgIpc) is 3.14. The highest BCUT2D eigenvalue weighted by molar-refractivity contribution is 6.99. The first-order chi connectivity index (χ1) is 13.9. The molecule has 0 amide bonds. The van der Waals surface area contributed by atoms with Crippen molar-refractivity contribution >= 4 is 24.7 Å². The first-order valence-corrected chi connectivity index (χ1v) is 12.4. The summed E-state index contributed by atoms with van der Waals surface area (Å²) in [6.07, 6.45) is 3.74. The van der Waals surface area contributed by atoms with E-state index in [9.17, 15) is 4.79 Å². The lowest BCUT2D eigenvalue weighted by Crippen LogP contribution is -2.66. The van der Waals surface area contributed by atoms with Crippen molar-refractivity contribution in [3.05, 3.63) is 72.3 Å². The van der Waals surface area contributed by atoms with Crippen molar-refractivity contribution in [2.75, 3.05) is 13.2 Å². The summed E-state index contributed by atoms with van der Waals surface area (Å²) in [5, 5.41) is 2.58. The van der Waals surface area contributed by atoms with Crippen LogP contribution in [0.4, 0.5) is 0 Å². The second kappa shape index (κ2) is 9.10. The van der Waals surface area contributed by atoms with Crippen molar-refractivity contribution in [3.8, 4) is 0 Å². The molecule has 0 spiro atoms. The van der Waals surface area contributed by atoms with Gasteiger partial charge in [0.2, 0.25) is 0 Å². The van der Waals surface area contributed by atoms with E-state index in [0.717, 1.165) is 18.4 Å².